The van der Waals surface area contributed by atoms with Crippen molar-refractivity contribution in [3.8, 4) is 11.5 Å². The number of carbonyl (C=O) groups excluding carboxylic acids is 2. The lowest BCUT2D eigenvalue weighted by Gasteiger charge is -2.12. The molecule has 0 spiro atoms. The molecule has 2 aliphatic heterocycles. The van der Waals surface area contributed by atoms with Gasteiger partial charge >= 0.3 is 0 Å². The molecule has 0 atom stereocenters. The first kappa shape index (κ1) is 16.9. The Kier molecular flexibility index (Phi) is 4.34. The predicted molar refractivity (Wildman–Crippen MR) is 95.5 cm³/mol. The van der Waals surface area contributed by atoms with E-state index in [4.69, 9.17) is 21.1 Å². The summed E-state index contributed by atoms with van der Waals surface area (Å²) in [4.78, 5) is 26.2. The van der Waals surface area contributed by atoms with Crippen LogP contribution in [-0.4, -0.2) is 22.8 Å². The average molecular weight is 392 g/mol. The van der Waals surface area contributed by atoms with Gasteiger partial charge in [0.25, 0.3) is 11.1 Å². The largest absolute Gasteiger partial charge is 0.454 e. The topological polar surface area (TPSA) is 55.8 Å². The number of hydrogen-bond acceptors (Lipinski definition) is 5. The molecule has 0 aromatic heterocycles. The summed E-state index contributed by atoms with van der Waals surface area (Å²) >= 11 is 7.05. The summed E-state index contributed by atoms with van der Waals surface area (Å²) in [5.74, 6) is 0.279. The summed E-state index contributed by atoms with van der Waals surface area (Å²) in [6.07, 6.45) is 1.56. The number of halogens is 2. The Bertz CT molecular complexity index is 945. The van der Waals surface area contributed by atoms with Gasteiger partial charge in [0.15, 0.2) is 11.5 Å². The fourth-order valence-electron chi connectivity index (χ4n) is 2.59. The molecule has 0 saturated carbocycles. The highest BCUT2D eigenvalue weighted by Crippen LogP contribution is 2.40. The summed E-state index contributed by atoms with van der Waals surface area (Å²) in [5.41, 5.74) is 1.22. The molecule has 0 aliphatic carbocycles. The summed E-state index contributed by atoms with van der Waals surface area (Å²) in [6, 6.07) is 8.93. The molecule has 2 aromatic rings. The molecule has 0 unspecified atom stereocenters. The van der Waals surface area contributed by atoms with Crippen molar-refractivity contribution >= 4 is 40.6 Å². The standard InChI is InChI=1S/C18H11ClFNO4S/c19-13-7-15-14(24-9-25-15)5-11(13)6-16-17(22)21(18(23)26-16)8-10-1-3-12(20)4-2-10/h1-7H,8-9H2/b16-6+. The molecule has 8 heteroatoms. The summed E-state index contributed by atoms with van der Waals surface area (Å²) in [6.45, 7) is 0.195. The van der Waals surface area contributed by atoms with Gasteiger partial charge in [0, 0.05) is 6.07 Å². The molecule has 4 rings (SSSR count). The molecule has 2 aromatic carbocycles. The molecule has 2 heterocycles. The second-order valence-corrected chi connectivity index (χ2v) is 7.02. The fraction of sp³-hybridized carbons (Fsp3) is 0.111. The Hall–Kier alpha value is -2.51. The highest BCUT2D eigenvalue weighted by molar-refractivity contribution is 8.18. The van der Waals surface area contributed by atoms with Crippen LogP contribution < -0.4 is 9.47 Å². The number of nitrogens with zero attached hydrogens (tertiary/aromatic N) is 1. The van der Waals surface area contributed by atoms with Gasteiger partial charge in [-0.15, -0.1) is 0 Å². The average Bonchev–Trinajstić information content (AvgIpc) is 3.16. The molecular formula is C18H11ClFNO4S. The molecule has 0 bridgehead atoms. The van der Waals surface area contributed by atoms with E-state index in [0.717, 1.165) is 16.7 Å². The maximum absolute atomic E-state index is 13.0. The van der Waals surface area contributed by atoms with E-state index < -0.39 is 5.91 Å². The number of carbonyl (C=O) groups is 2. The summed E-state index contributed by atoms with van der Waals surface area (Å²) < 4.78 is 23.6. The quantitative estimate of drug-likeness (QED) is 0.724. The zero-order valence-electron chi connectivity index (χ0n) is 13.2. The number of rotatable bonds is 3. The van der Waals surface area contributed by atoms with Crippen LogP contribution in [0.3, 0.4) is 0 Å². The zero-order valence-corrected chi connectivity index (χ0v) is 14.8. The van der Waals surface area contributed by atoms with Crippen molar-refractivity contribution < 1.29 is 23.5 Å². The Morgan fingerprint density at radius 3 is 2.58 bits per heavy atom. The van der Waals surface area contributed by atoms with Crippen LogP contribution in [0.5, 0.6) is 11.5 Å². The number of ether oxygens (including phenoxy) is 2. The summed E-state index contributed by atoms with van der Waals surface area (Å²) in [5, 5.41) is 0.00187. The number of thioether (sulfide) groups is 1. The molecule has 5 nitrogen and oxygen atoms in total. The fourth-order valence-corrected chi connectivity index (χ4v) is 3.63. The number of benzene rings is 2. The van der Waals surface area contributed by atoms with Crippen LogP contribution in [0.1, 0.15) is 11.1 Å². The van der Waals surface area contributed by atoms with Crippen molar-refractivity contribution in [2.45, 2.75) is 6.54 Å². The van der Waals surface area contributed by atoms with E-state index in [2.05, 4.69) is 0 Å². The van der Waals surface area contributed by atoms with E-state index in [9.17, 15) is 14.0 Å². The van der Waals surface area contributed by atoms with Crippen molar-refractivity contribution in [2.24, 2.45) is 0 Å². The van der Waals surface area contributed by atoms with Gasteiger partial charge in [0.1, 0.15) is 5.82 Å². The van der Waals surface area contributed by atoms with Crippen molar-refractivity contribution in [1.82, 2.24) is 4.90 Å². The monoisotopic (exact) mass is 391 g/mol. The minimum Gasteiger partial charge on any atom is -0.454 e. The first-order chi connectivity index (χ1) is 12.5. The van der Waals surface area contributed by atoms with Crippen molar-refractivity contribution in [1.29, 1.82) is 0 Å². The van der Waals surface area contributed by atoms with E-state index in [-0.39, 0.29) is 29.3 Å². The third-order valence-corrected chi connectivity index (χ3v) is 5.14. The minimum absolute atomic E-state index is 0.0805. The van der Waals surface area contributed by atoms with Crippen LogP contribution in [0.4, 0.5) is 9.18 Å². The third-order valence-electron chi connectivity index (χ3n) is 3.91. The molecule has 2 aliphatic rings. The number of amides is 2. The molecule has 1 fully saturated rings. The van der Waals surface area contributed by atoms with Crippen molar-refractivity contribution in [2.75, 3.05) is 6.79 Å². The van der Waals surface area contributed by atoms with E-state index in [1.54, 1.807) is 18.2 Å². The van der Waals surface area contributed by atoms with Crippen LogP contribution in [0, 0.1) is 5.82 Å². The molecule has 2 amide bonds. The first-order valence-electron chi connectivity index (χ1n) is 7.60. The van der Waals surface area contributed by atoms with Gasteiger partial charge in [-0.3, -0.25) is 14.5 Å². The van der Waals surface area contributed by atoms with E-state index in [0.29, 0.717) is 27.6 Å². The molecule has 0 radical (unpaired) electrons. The van der Waals surface area contributed by atoms with Gasteiger partial charge in [-0.05, 0) is 47.2 Å². The van der Waals surface area contributed by atoms with Crippen LogP contribution in [0.2, 0.25) is 5.02 Å². The smallest absolute Gasteiger partial charge is 0.293 e. The van der Waals surface area contributed by atoms with Crippen LogP contribution in [0.15, 0.2) is 41.3 Å². The Labute approximate surface area is 157 Å². The van der Waals surface area contributed by atoms with Crippen molar-refractivity contribution in [3.63, 3.8) is 0 Å². The van der Waals surface area contributed by atoms with Gasteiger partial charge in [-0.25, -0.2) is 4.39 Å². The normalized spacial score (nSPS) is 17.5. The number of imide groups is 1. The van der Waals surface area contributed by atoms with Crippen LogP contribution >= 0.6 is 23.4 Å². The highest BCUT2D eigenvalue weighted by atomic mass is 35.5. The van der Waals surface area contributed by atoms with Gasteiger partial charge in [-0.1, -0.05) is 23.7 Å². The molecule has 1 saturated heterocycles. The number of fused-ring (bicyclic) bond motifs is 1. The number of hydrogen-bond donors (Lipinski definition) is 0. The lowest BCUT2D eigenvalue weighted by Crippen LogP contribution is -2.27. The second-order valence-electron chi connectivity index (χ2n) is 5.62. The Morgan fingerprint density at radius 2 is 1.85 bits per heavy atom. The van der Waals surface area contributed by atoms with Gasteiger partial charge in [0.05, 0.1) is 16.5 Å². The Morgan fingerprint density at radius 1 is 1.15 bits per heavy atom. The molecule has 0 N–H and O–H groups in total. The minimum atomic E-state index is -0.418. The second kappa shape index (κ2) is 6.66. The van der Waals surface area contributed by atoms with Gasteiger partial charge in [-0.2, -0.15) is 0 Å². The predicted octanol–water partition coefficient (Wildman–Crippen LogP) is 4.44. The molecule has 132 valence electrons. The SMILES string of the molecule is O=C1S/C(=C/c2cc3c(cc2Cl)OCO3)C(=O)N1Cc1ccc(F)cc1. The first-order valence-corrected chi connectivity index (χ1v) is 8.79. The lowest BCUT2D eigenvalue weighted by atomic mass is 10.1. The van der Waals surface area contributed by atoms with Crippen LogP contribution in [0.25, 0.3) is 6.08 Å². The zero-order chi connectivity index (χ0) is 18.3. The Balaban J connectivity index is 1.59. The third kappa shape index (κ3) is 3.15. The van der Waals surface area contributed by atoms with Gasteiger partial charge in [0.2, 0.25) is 6.79 Å². The van der Waals surface area contributed by atoms with Gasteiger partial charge < -0.3 is 9.47 Å². The highest BCUT2D eigenvalue weighted by Gasteiger charge is 2.35. The van der Waals surface area contributed by atoms with Crippen molar-refractivity contribution in [3.05, 3.63) is 63.3 Å². The van der Waals surface area contributed by atoms with E-state index in [1.807, 2.05) is 0 Å². The lowest BCUT2D eigenvalue weighted by molar-refractivity contribution is -0.123. The maximum Gasteiger partial charge on any atom is 0.293 e. The van der Waals surface area contributed by atoms with E-state index in [1.165, 1.54) is 24.3 Å². The van der Waals surface area contributed by atoms with E-state index >= 15 is 0 Å². The van der Waals surface area contributed by atoms with Crippen LogP contribution in [-0.2, 0) is 11.3 Å². The molecular weight excluding hydrogens is 381 g/mol. The molecule has 26 heavy (non-hydrogen) atoms. The maximum atomic E-state index is 13.0. The summed E-state index contributed by atoms with van der Waals surface area (Å²) in [7, 11) is 0.